The first-order chi connectivity index (χ1) is 14.1. The third-order valence-electron chi connectivity index (χ3n) is 4.33. The molecule has 0 saturated heterocycles. The topological polar surface area (TPSA) is 72.5 Å². The smallest absolute Gasteiger partial charge is 0.255 e. The normalized spacial score (nSPS) is 10.3. The average molecular weight is 395 g/mol. The van der Waals surface area contributed by atoms with Crippen molar-refractivity contribution in [3.05, 3.63) is 77.7 Å². The van der Waals surface area contributed by atoms with Crippen LogP contribution in [0, 0.1) is 5.82 Å². The maximum Gasteiger partial charge on any atom is 0.255 e. The Hall–Kier alpha value is -3.61. The van der Waals surface area contributed by atoms with Crippen molar-refractivity contribution < 1.29 is 18.7 Å². The zero-order valence-electron chi connectivity index (χ0n) is 16.2. The predicted molar refractivity (Wildman–Crippen MR) is 110 cm³/mol. The van der Waals surface area contributed by atoms with Crippen molar-refractivity contribution in [2.75, 3.05) is 26.1 Å². The van der Waals surface area contributed by atoms with Gasteiger partial charge in [0.25, 0.3) is 5.91 Å². The molecule has 0 atom stereocenters. The Kier molecular flexibility index (Phi) is 6.63. The summed E-state index contributed by atoms with van der Waals surface area (Å²) in [6.45, 7) is 0.419. The summed E-state index contributed by atoms with van der Waals surface area (Å²) >= 11 is 0. The van der Waals surface area contributed by atoms with E-state index in [0.717, 1.165) is 5.56 Å². The van der Waals surface area contributed by atoms with E-state index in [0.29, 0.717) is 35.8 Å². The molecule has 0 saturated carbocycles. The van der Waals surface area contributed by atoms with Crippen LogP contribution < -0.4 is 20.1 Å². The maximum atomic E-state index is 13.9. The fourth-order valence-electron chi connectivity index (χ4n) is 2.83. The van der Waals surface area contributed by atoms with Gasteiger partial charge in [-0.1, -0.05) is 18.2 Å². The second kappa shape index (κ2) is 9.54. The first-order valence-electron chi connectivity index (χ1n) is 9.08. The van der Waals surface area contributed by atoms with Crippen LogP contribution in [-0.4, -0.2) is 31.7 Å². The summed E-state index contributed by atoms with van der Waals surface area (Å²) in [6.07, 6.45) is 2.16. The molecule has 0 fully saturated rings. The molecule has 1 aromatic heterocycles. The number of hydrogen-bond donors (Lipinski definition) is 2. The number of hydrogen-bond acceptors (Lipinski definition) is 5. The molecule has 6 nitrogen and oxygen atoms in total. The number of rotatable bonds is 8. The van der Waals surface area contributed by atoms with Crippen LogP contribution in [0.4, 0.5) is 15.9 Å². The Bertz CT molecular complexity index is 995. The summed E-state index contributed by atoms with van der Waals surface area (Å²) < 4.78 is 24.4. The Morgan fingerprint density at radius 3 is 2.59 bits per heavy atom. The molecule has 7 heteroatoms. The second-order valence-electron chi connectivity index (χ2n) is 6.20. The number of carbonyl (C=O) groups excluding carboxylic acids is 1. The van der Waals surface area contributed by atoms with Gasteiger partial charge in [0.2, 0.25) is 0 Å². The summed E-state index contributed by atoms with van der Waals surface area (Å²) in [5.41, 5.74) is 1.59. The number of ether oxygens (including phenoxy) is 2. The number of methoxy groups -OCH3 is 2. The standard InChI is InChI=1S/C22H22FN3O3/c1-28-19-10-9-15(14-20(19)29-2)11-13-25-22(27)16-6-5-12-24-21(16)26-18-8-4-3-7-17(18)23/h3-10,12,14H,11,13H2,1-2H3,(H,24,26)(H,25,27). The molecule has 29 heavy (non-hydrogen) atoms. The van der Waals surface area contributed by atoms with Crippen molar-refractivity contribution in [1.29, 1.82) is 0 Å². The van der Waals surface area contributed by atoms with E-state index >= 15 is 0 Å². The fourth-order valence-corrected chi connectivity index (χ4v) is 2.83. The first kappa shape index (κ1) is 20.1. The fraction of sp³-hybridized carbons (Fsp3) is 0.182. The third-order valence-corrected chi connectivity index (χ3v) is 4.33. The summed E-state index contributed by atoms with van der Waals surface area (Å²) in [6, 6.07) is 15.2. The average Bonchev–Trinajstić information content (AvgIpc) is 2.75. The van der Waals surface area contributed by atoms with Gasteiger partial charge in [-0.3, -0.25) is 4.79 Å². The van der Waals surface area contributed by atoms with Crippen molar-refractivity contribution in [2.24, 2.45) is 0 Å². The summed E-state index contributed by atoms with van der Waals surface area (Å²) in [5, 5.41) is 5.75. The Morgan fingerprint density at radius 1 is 1.03 bits per heavy atom. The van der Waals surface area contributed by atoms with E-state index in [1.54, 1.807) is 50.7 Å². The molecule has 0 radical (unpaired) electrons. The zero-order chi connectivity index (χ0) is 20.6. The number of halogens is 1. The van der Waals surface area contributed by atoms with Crippen LogP contribution >= 0.6 is 0 Å². The SMILES string of the molecule is COc1ccc(CCNC(=O)c2cccnc2Nc2ccccc2F)cc1OC. The number of para-hydroxylation sites is 1. The van der Waals surface area contributed by atoms with Gasteiger partial charge < -0.3 is 20.1 Å². The molecule has 3 rings (SSSR count). The molecule has 0 bridgehead atoms. The predicted octanol–water partition coefficient (Wildman–Crippen LogP) is 3.95. The molecule has 0 aliphatic rings. The zero-order valence-corrected chi connectivity index (χ0v) is 16.2. The molecular weight excluding hydrogens is 373 g/mol. The van der Waals surface area contributed by atoms with Gasteiger partial charge in [0.15, 0.2) is 11.5 Å². The van der Waals surface area contributed by atoms with Crippen LogP contribution in [0.25, 0.3) is 0 Å². The van der Waals surface area contributed by atoms with Crippen LogP contribution in [0.3, 0.4) is 0 Å². The van der Waals surface area contributed by atoms with Gasteiger partial charge in [0.1, 0.15) is 11.6 Å². The first-order valence-corrected chi connectivity index (χ1v) is 9.08. The molecule has 0 spiro atoms. The third kappa shape index (κ3) is 5.01. The lowest BCUT2D eigenvalue weighted by molar-refractivity contribution is 0.0954. The number of aromatic nitrogens is 1. The molecule has 2 aromatic carbocycles. The van der Waals surface area contributed by atoms with E-state index in [9.17, 15) is 9.18 Å². The lowest BCUT2D eigenvalue weighted by Gasteiger charge is -2.12. The Balaban J connectivity index is 1.65. The highest BCUT2D eigenvalue weighted by Crippen LogP contribution is 2.27. The molecular formula is C22H22FN3O3. The van der Waals surface area contributed by atoms with Crippen LogP contribution in [-0.2, 0) is 6.42 Å². The van der Waals surface area contributed by atoms with Crippen LogP contribution in [0.5, 0.6) is 11.5 Å². The minimum Gasteiger partial charge on any atom is -0.493 e. The van der Waals surface area contributed by atoms with Crippen molar-refractivity contribution in [3.63, 3.8) is 0 Å². The van der Waals surface area contributed by atoms with E-state index in [1.807, 2.05) is 18.2 Å². The van der Waals surface area contributed by atoms with Gasteiger partial charge in [-0.2, -0.15) is 0 Å². The van der Waals surface area contributed by atoms with E-state index in [1.165, 1.54) is 6.07 Å². The van der Waals surface area contributed by atoms with E-state index in [4.69, 9.17) is 9.47 Å². The summed E-state index contributed by atoms with van der Waals surface area (Å²) in [5.74, 6) is 0.871. The number of nitrogens with one attached hydrogen (secondary N) is 2. The number of nitrogens with zero attached hydrogens (tertiary/aromatic N) is 1. The number of amides is 1. The van der Waals surface area contributed by atoms with Gasteiger partial charge in [0.05, 0.1) is 25.5 Å². The number of anilines is 2. The number of carbonyl (C=O) groups is 1. The summed E-state index contributed by atoms with van der Waals surface area (Å²) in [4.78, 5) is 16.8. The molecule has 3 aromatic rings. The van der Waals surface area contributed by atoms with Crippen LogP contribution in [0.1, 0.15) is 15.9 Å². The van der Waals surface area contributed by atoms with Gasteiger partial charge >= 0.3 is 0 Å². The highest BCUT2D eigenvalue weighted by molar-refractivity contribution is 5.99. The molecule has 150 valence electrons. The van der Waals surface area contributed by atoms with Gasteiger partial charge in [0, 0.05) is 12.7 Å². The van der Waals surface area contributed by atoms with Gasteiger partial charge in [-0.25, -0.2) is 9.37 Å². The number of benzene rings is 2. The molecule has 0 aliphatic carbocycles. The van der Waals surface area contributed by atoms with Crippen LogP contribution in [0.2, 0.25) is 0 Å². The second-order valence-corrected chi connectivity index (χ2v) is 6.20. The quantitative estimate of drug-likeness (QED) is 0.604. The minimum atomic E-state index is -0.419. The Morgan fingerprint density at radius 2 is 1.83 bits per heavy atom. The lowest BCUT2D eigenvalue weighted by atomic mass is 10.1. The van der Waals surface area contributed by atoms with E-state index < -0.39 is 5.82 Å². The van der Waals surface area contributed by atoms with Gasteiger partial charge in [-0.15, -0.1) is 0 Å². The highest BCUT2D eigenvalue weighted by atomic mass is 19.1. The molecule has 2 N–H and O–H groups in total. The molecule has 0 aliphatic heterocycles. The summed E-state index contributed by atoms with van der Waals surface area (Å²) in [7, 11) is 3.16. The maximum absolute atomic E-state index is 13.9. The van der Waals surface area contributed by atoms with Crippen molar-refractivity contribution in [2.45, 2.75) is 6.42 Å². The lowest BCUT2D eigenvalue weighted by Crippen LogP contribution is -2.26. The van der Waals surface area contributed by atoms with Crippen LogP contribution in [0.15, 0.2) is 60.8 Å². The Labute approximate surface area is 168 Å². The van der Waals surface area contributed by atoms with E-state index in [-0.39, 0.29) is 11.6 Å². The molecule has 1 amide bonds. The van der Waals surface area contributed by atoms with Crippen molar-refractivity contribution in [3.8, 4) is 11.5 Å². The van der Waals surface area contributed by atoms with Crippen molar-refractivity contribution >= 4 is 17.4 Å². The monoisotopic (exact) mass is 395 g/mol. The minimum absolute atomic E-state index is 0.255. The number of pyridine rings is 1. The van der Waals surface area contributed by atoms with E-state index in [2.05, 4.69) is 15.6 Å². The molecule has 1 heterocycles. The largest absolute Gasteiger partial charge is 0.493 e. The molecule has 0 unspecified atom stereocenters. The highest BCUT2D eigenvalue weighted by Gasteiger charge is 2.13. The van der Waals surface area contributed by atoms with Crippen molar-refractivity contribution in [1.82, 2.24) is 10.3 Å². The van der Waals surface area contributed by atoms with Gasteiger partial charge in [-0.05, 0) is 48.4 Å².